The minimum Gasteiger partial charge on any atom is -0.460 e. The average molecular weight is 392 g/mol. The SMILES string of the molecule is CC1=C(C(=O)OC(C)C)C(c2ccccc2C)CC(=O)N1Cc1cccc(C)c1. The first-order valence-corrected chi connectivity index (χ1v) is 10.1. The summed E-state index contributed by atoms with van der Waals surface area (Å²) < 4.78 is 5.57. The van der Waals surface area contributed by atoms with Gasteiger partial charge in [-0.1, -0.05) is 54.1 Å². The summed E-state index contributed by atoms with van der Waals surface area (Å²) in [6.45, 7) is 10.0. The predicted octanol–water partition coefficient (Wildman–Crippen LogP) is 5.05. The van der Waals surface area contributed by atoms with Crippen LogP contribution in [0.2, 0.25) is 0 Å². The Kier molecular flexibility index (Phi) is 6.21. The number of ether oxygens (including phenoxy) is 1. The molecule has 0 spiro atoms. The van der Waals surface area contributed by atoms with Gasteiger partial charge in [0.2, 0.25) is 5.91 Å². The van der Waals surface area contributed by atoms with Crippen molar-refractivity contribution >= 4 is 11.9 Å². The van der Waals surface area contributed by atoms with E-state index in [-0.39, 0.29) is 30.3 Å². The first-order valence-electron chi connectivity index (χ1n) is 10.1. The molecular formula is C25H29NO3. The molecule has 1 amide bonds. The molecule has 0 saturated heterocycles. The highest BCUT2D eigenvalue weighted by Crippen LogP contribution is 2.39. The zero-order chi connectivity index (χ0) is 21.1. The summed E-state index contributed by atoms with van der Waals surface area (Å²) in [5.41, 5.74) is 5.53. The molecule has 2 aromatic carbocycles. The molecule has 1 heterocycles. The number of nitrogens with zero attached hydrogens (tertiary/aromatic N) is 1. The van der Waals surface area contributed by atoms with Gasteiger partial charge in [-0.2, -0.15) is 0 Å². The van der Waals surface area contributed by atoms with Crippen LogP contribution in [0.4, 0.5) is 0 Å². The van der Waals surface area contributed by atoms with E-state index in [0.29, 0.717) is 17.8 Å². The van der Waals surface area contributed by atoms with Crippen LogP contribution in [0.25, 0.3) is 0 Å². The molecule has 4 heteroatoms. The van der Waals surface area contributed by atoms with Crippen molar-refractivity contribution in [1.29, 1.82) is 0 Å². The molecular weight excluding hydrogens is 362 g/mol. The topological polar surface area (TPSA) is 46.6 Å². The van der Waals surface area contributed by atoms with Crippen LogP contribution in [-0.2, 0) is 20.9 Å². The second-order valence-electron chi connectivity index (χ2n) is 8.04. The zero-order valence-corrected chi connectivity index (χ0v) is 17.9. The van der Waals surface area contributed by atoms with E-state index in [9.17, 15) is 9.59 Å². The number of rotatable bonds is 5. The Morgan fingerprint density at radius 1 is 1.10 bits per heavy atom. The van der Waals surface area contributed by atoms with Crippen LogP contribution in [0.15, 0.2) is 59.8 Å². The number of esters is 1. The maximum absolute atomic E-state index is 13.1. The lowest BCUT2D eigenvalue weighted by Gasteiger charge is -2.35. The Hall–Kier alpha value is -2.88. The summed E-state index contributed by atoms with van der Waals surface area (Å²) >= 11 is 0. The third kappa shape index (κ3) is 4.58. The molecule has 0 N–H and O–H groups in total. The molecule has 0 aliphatic carbocycles. The third-order valence-corrected chi connectivity index (χ3v) is 5.37. The highest BCUT2D eigenvalue weighted by Gasteiger charge is 2.37. The van der Waals surface area contributed by atoms with E-state index >= 15 is 0 Å². The highest BCUT2D eigenvalue weighted by molar-refractivity contribution is 5.96. The van der Waals surface area contributed by atoms with Gasteiger partial charge in [0.25, 0.3) is 0 Å². The minimum atomic E-state index is -0.340. The number of allylic oxidation sites excluding steroid dienone is 1. The van der Waals surface area contributed by atoms with Crippen LogP contribution in [0, 0.1) is 13.8 Å². The molecule has 152 valence electrons. The Morgan fingerprint density at radius 2 is 1.83 bits per heavy atom. The quantitative estimate of drug-likeness (QED) is 0.671. The average Bonchev–Trinajstić information content (AvgIpc) is 2.64. The Bertz CT molecular complexity index is 958. The fraction of sp³-hybridized carbons (Fsp3) is 0.360. The largest absolute Gasteiger partial charge is 0.460 e. The Morgan fingerprint density at radius 3 is 2.48 bits per heavy atom. The summed E-state index contributed by atoms with van der Waals surface area (Å²) in [5.74, 6) is -0.602. The minimum absolute atomic E-state index is 0.0263. The van der Waals surface area contributed by atoms with Crippen LogP contribution in [0.3, 0.4) is 0 Å². The highest BCUT2D eigenvalue weighted by atomic mass is 16.5. The maximum atomic E-state index is 13.1. The number of benzene rings is 2. The lowest BCUT2D eigenvalue weighted by Crippen LogP contribution is -2.38. The van der Waals surface area contributed by atoms with Crippen molar-refractivity contribution in [3.05, 3.63) is 82.1 Å². The van der Waals surface area contributed by atoms with Gasteiger partial charge in [0.05, 0.1) is 18.2 Å². The van der Waals surface area contributed by atoms with Crippen molar-refractivity contribution in [2.75, 3.05) is 0 Å². The summed E-state index contributed by atoms with van der Waals surface area (Å²) in [5, 5.41) is 0. The first kappa shape index (κ1) is 20.8. The number of amides is 1. The van der Waals surface area contributed by atoms with E-state index in [1.54, 1.807) is 4.90 Å². The van der Waals surface area contributed by atoms with Crippen LogP contribution in [-0.4, -0.2) is 22.9 Å². The molecule has 0 aromatic heterocycles. The van der Waals surface area contributed by atoms with E-state index in [1.165, 1.54) is 0 Å². The third-order valence-electron chi connectivity index (χ3n) is 5.37. The number of carbonyl (C=O) groups is 2. The first-order chi connectivity index (χ1) is 13.8. The molecule has 0 saturated carbocycles. The fourth-order valence-corrected chi connectivity index (χ4v) is 3.98. The Labute approximate surface area is 173 Å². The van der Waals surface area contributed by atoms with Gasteiger partial charge in [0.1, 0.15) is 0 Å². The van der Waals surface area contributed by atoms with Gasteiger partial charge in [0.15, 0.2) is 0 Å². The summed E-state index contributed by atoms with van der Waals surface area (Å²) in [6, 6.07) is 16.0. The zero-order valence-electron chi connectivity index (χ0n) is 17.9. The smallest absolute Gasteiger partial charge is 0.336 e. The van der Waals surface area contributed by atoms with Crippen LogP contribution in [0.1, 0.15) is 55.4 Å². The number of carbonyl (C=O) groups excluding carboxylic acids is 2. The van der Waals surface area contributed by atoms with Crippen LogP contribution < -0.4 is 0 Å². The fourth-order valence-electron chi connectivity index (χ4n) is 3.98. The summed E-state index contributed by atoms with van der Waals surface area (Å²) in [4.78, 5) is 27.9. The Balaban J connectivity index is 2.06. The van der Waals surface area contributed by atoms with Crippen molar-refractivity contribution < 1.29 is 14.3 Å². The second kappa shape index (κ2) is 8.64. The normalized spacial score (nSPS) is 17.1. The van der Waals surface area contributed by atoms with Crippen molar-refractivity contribution in [3.8, 4) is 0 Å². The molecule has 0 bridgehead atoms. The van der Waals surface area contributed by atoms with E-state index < -0.39 is 0 Å². The number of aryl methyl sites for hydroxylation is 2. The van der Waals surface area contributed by atoms with Crippen molar-refractivity contribution in [3.63, 3.8) is 0 Å². The predicted molar refractivity (Wildman–Crippen MR) is 114 cm³/mol. The molecule has 0 radical (unpaired) electrons. The standard InChI is InChI=1S/C25H29NO3/c1-16(2)29-25(28)24-19(5)26(15-20-11-8-9-17(3)13-20)23(27)14-22(24)21-12-7-6-10-18(21)4/h6-13,16,22H,14-15H2,1-5H3. The van der Waals surface area contributed by atoms with Crippen molar-refractivity contribution in [1.82, 2.24) is 4.90 Å². The summed E-state index contributed by atoms with van der Waals surface area (Å²) in [7, 11) is 0. The monoisotopic (exact) mass is 391 g/mol. The molecule has 1 aliphatic heterocycles. The molecule has 29 heavy (non-hydrogen) atoms. The van der Waals surface area contributed by atoms with Crippen molar-refractivity contribution in [2.24, 2.45) is 0 Å². The lowest BCUT2D eigenvalue weighted by atomic mass is 9.81. The number of hydrogen-bond donors (Lipinski definition) is 0. The van der Waals surface area contributed by atoms with Gasteiger partial charge in [-0.15, -0.1) is 0 Å². The molecule has 2 aromatic rings. The molecule has 1 atom stereocenters. The van der Waals surface area contributed by atoms with Gasteiger partial charge >= 0.3 is 5.97 Å². The number of hydrogen-bond acceptors (Lipinski definition) is 3. The molecule has 1 aliphatic rings. The molecule has 1 unspecified atom stereocenters. The van der Waals surface area contributed by atoms with E-state index in [4.69, 9.17) is 4.74 Å². The van der Waals surface area contributed by atoms with Gasteiger partial charge < -0.3 is 9.64 Å². The molecule has 4 nitrogen and oxygen atoms in total. The van der Waals surface area contributed by atoms with Crippen LogP contribution >= 0.6 is 0 Å². The van der Waals surface area contributed by atoms with E-state index in [0.717, 1.165) is 22.3 Å². The van der Waals surface area contributed by atoms with E-state index in [2.05, 4.69) is 6.07 Å². The van der Waals surface area contributed by atoms with Gasteiger partial charge in [-0.25, -0.2) is 4.79 Å². The maximum Gasteiger partial charge on any atom is 0.336 e. The van der Waals surface area contributed by atoms with Crippen LogP contribution in [0.5, 0.6) is 0 Å². The molecule has 3 rings (SSSR count). The molecule has 0 fully saturated rings. The lowest BCUT2D eigenvalue weighted by molar-refractivity contribution is -0.143. The van der Waals surface area contributed by atoms with Crippen molar-refractivity contribution in [2.45, 2.75) is 59.6 Å². The van der Waals surface area contributed by atoms with Gasteiger partial charge in [-0.05, 0) is 51.3 Å². The van der Waals surface area contributed by atoms with Gasteiger partial charge in [-0.3, -0.25) is 4.79 Å². The summed E-state index contributed by atoms with van der Waals surface area (Å²) in [6.07, 6.45) is 0.0412. The van der Waals surface area contributed by atoms with E-state index in [1.807, 2.05) is 77.1 Å². The van der Waals surface area contributed by atoms with Gasteiger partial charge in [0, 0.05) is 18.0 Å². The second-order valence-corrected chi connectivity index (χ2v) is 8.04.